The molecule has 0 unspecified atom stereocenters. The maximum absolute atomic E-state index is 12.2. The van der Waals surface area contributed by atoms with Crippen LogP contribution in [-0.2, 0) is 9.59 Å². The zero-order valence-corrected chi connectivity index (χ0v) is 12.0. The molecule has 6 nitrogen and oxygen atoms in total. The molecule has 0 bridgehead atoms. The normalized spacial score (nSPS) is 18.3. The van der Waals surface area contributed by atoms with Gasteiger partial charge in [-0.15, -0.1) is 0 Å². The Labute approximate surface area is 118 Å². The van der Waals surface area contributed by atoms with E-state index in [2.05, 4.69) is 10.5 Å². The number of carbonyl (C=O) groups excluding carboxylic acids is 2. The standard InChI is InChI=1S/C14H21N3O3/c1-3-4-7-13(18)17-8-5-6-11(17)14(19)15-12-9-10(2)20-16-12/h9,11H,3-8H2,1-2H3,(H,15,16,19)/t11-/m0/s1. The number of hydrogen-bond donors (Lipinski definition) is 1. The van der Waals surface area contributed by atoms with E-state index in [4.69, 9.17) is 4.52 Å². The Balaban J connectivity index is 1.95. The molecule has 20 heavy (non-hydrogen) atoms. The van der Waals surface area contributed by atoms with Crippen LogP contribution in [0, 0.1) is 6.92 Å². The van der Waals surface area contributed by atoms with E-state index in [-0.39, 0.29) is 17.9 Å². The lowest BCUT2D eigenvalue weighted by atomic mass is 10.2. The minimum absolute atomic E-state index is 0.0702. The van der Waals surface area contributed by atoms with Crippen molar-refractivity contribution in [1.29, 1.82) is 0 Å². The van der Waals surface area contributed by atoms with Gasteiger partial charge in [-0.2, -0.15) is 0 Å². The molecule has 0 saturated carbocycles. The summed E-state index contributed by atoms with van der Waals surface area (Å²) >= 11 is 0. The molecule has 2 amide bonds. The highest BCUT2D eigenvalue weighted by Gasteiger charge is 2.33. The zero-order chi connectivity index (χ0) is 14.5. The molecule has 0 aromatic carbocycles. The topological polar surface area (TPSA) is 75.4 Å². The summed E-state index contributed by atoms with van der Waals surface area (Å²) in [6, 6.07) is 1.28. The number of rotatable bonds is 5. The molecule has 1 fully saturated rings. The summed E-state index contributed by atoms with van der Waals surface area (Å²) in [5, 5.41) is 6.44. The molecule has 6 heteroatoms. The van der Waals surface area contributed by atoms with E-state index < -0.39 is 0 Å². The second-order valence-corrected chi connectivity index (χ2v) is 5.16. The van der Waals surface area contributed by atoms with E-state index >= 15 is 0 Å². The number of hydrogen-bond acceptors (Lipinski definition) is 4. The van der Waals surface area contributed by atoms with Crippen LogP contribution in [0.3, 0.4) is 0 Å². The van der Waals surface area contributed by atoms with E-state index in [9.17, 15) is 9.59 Å². The highest BCUT2D eigenvalue weighted by Crippen LogP contribution is 2.20. The average molecular weight is 279 g/mol. The fourth-order valence-electron chi connectivity index (χ4n) is 2.44. The van der Waals surface area contributed by atoms with Crippen LogP contribution >= 0.6 is 0 Å². The van der Waals surface area contributed by atoms with Crippen molar-refractivity contribution >= 4 is 17.6 Å². The van der Waals surface area contributed by atoms with Crippen molar-refractivity contribution in [2.24, 2.45) is 0 Å². The summed E-state index contributed by atoms with van der Waals surface area (Å²) in [6.45, 7) is 4.48. The first-order chi connectivity index (χ1) is 9.61. The van der Waals surface area contributed by atoms with Crippen LogP contribution in [0.4, 0.5) is 5.82 Å². The lowest BCUT2D eigenvalue weighted by Gasteiger charge is -2.23. The predicted octanol–water partition coefficient (Wildman–Crippen LogP) is 2.10. The third kappa shape index (κ3) is 3.37. The lowest BCUT2D eigenvalue weighted by molar-refractivity contribution is -0.136. The zero-order valence-electron chi connectivity index (χ0n) is 12.0. The molecule has 2 rings (SSSR count). The van der Waals surface area contributed by atoms with Crippen LogP contribution < -0.4 is 5.32 Å². The number of carbonyl (C=O) groups is 2. The molecular weight excluding hydrogens is 258 g/mol. The summed E-state index contributed by atoms with van der Waals surface area (Å²) in [5.41, 5.74) is 0. The molecule has 1 N–H and O–H groups in total. The number of amides is 2. The van der Waals surface area contributed by atoms with Gasteiger partial charge in [0.05, 0.1) is 0 Å². The predicted molar refractivity (Wildman–Crippen MR) is 74.1 cm³/mol. The van der Waals surface area contributed by atoms with Crippen LogP contribution in [0.15, 0.2) is 10.6 Å². The number of aryl methyl sites for hydroxylation is 1. The Morgan fingerprint density at radius 3 is 3.00 bits per heavy atom. The second-order valence-electron chi connectivity index (χ2n) is 5.16. The van der Waals surface area contributed by atoms with Crippen molar-refractivity contribution in [3.63, 3.8) is 0 Å². The summed E-state index contributed by atoms with van der Waals surface area (Å²) in [5.74, 6) is 0.935. The molecule has 1 aliphatic heterocycles. The van der Waals surface area contributed by atoms with Crippen LogP contribution in [-0.4, -0.2) is 34.5 Å². The molecule has 0 spiro atoms. The van der Waals surface area contributed by atoms with Crippen molar-refractivity contribution in [1.82, 2.24) is 10.1 Å². The fraction of sp³-hybridized carbons (Fsp3) is 0.643. The highest BCUT2D eigenvalue weighted by atomic mass is 16.5. The van der Waals surface area contributed by atoms with Crippen molar-refractivity contribution < 1.29 is 14.1 Å². The Morgan fingerprint density at radius 2 is 2.35 bits per heavy atom. The quantitative estimate of drug-likeness (QED) is 0.895. The van der Waals surface area contributed by atoms with Crippen molar-refractivity contribution in [3.8, 4) is 0 Å². The Bertz CT molecular complexity index is 484. The molecule has 0 aliphatic carbocycles. The lowest BCUT2D eigenvalue weighted by Crippen LogP contribution is -2.43. The van der Waals surface area contributed by atoms with Gasteiger partial charge in [0.25, 0.3) is 0 Å². The van der Waals surface area contributed by atoms with Gasteiger partial charge in [-0.25, -0.2) is 0 Å². The van der Waals surface area contributed by atoms with Gasteiger partial charge in [-0.1, -0.05) is 18.5 Å². The van der Waals surface area contributed by atoms with Crippen LogP contribution in [0.1, 0.15) is 44.8 Å². The minimum Gasteiger partial charge on any atom is -0.360 e. The molecule has 2 heterocycles. The smallest absolute Gasteiger partial charge is 0.248 e. The molecule has 1 aliphatic rings. The monoisotopic (exact) mass is 279 g/mol. The average Bonchev–Trinajstić information content (AvgIpc) is 3.05. The Hall–Kier alpha value is -1.85. The largest absolute Gasteiger partial charge is 0.360 e. The van der Waals surface area contributed by atoms with Crippen LogP contribution in [0.25, 0.3) is 0 Å². The number of nitrogens with zero attached hydrogens (tertiary/aromatic N) is 2. The Morgan fingerprint density at radius 1 is 1.55 bits per heavy atom. The van der Waals surface area contributed by atoms with Crippen molar-refractivity contribution in [3.05, 3.63) is 11.8 Å². The third-order valence-corrected chi connectivity index (χ3v) is 3.50. The number of nitrogens with one attached hydrogen (secondary N) is 1. The van der Waals surface area contributed by atoms with Crippen molar-refractivity contribution in [2.45, 2.75) is 52.0 Å². The summed E-state index contributed by atoms with van der Waals surface area (Å²) in [6.07, 6.45) is 3.94. The van der Waals surface area contributed by atoms with Gasteiger partial charge >= 0.3 is 0 Å². The number of aromatic nitrogens is 1. The van der Waals surface area contributed by atoms with Crippen LogP contribution in [0.2, 0.25) is 0 Å². The van der Waals surface area contributed by atoms with Gasteiger partial charge in [0, 0.05) is 19.0 Å². The molecule has 1 aromatic heterocycles. The number of unbranched alkanes of at least 4 members (excludes halogenated alkanes) is 1. The first-order valence-electron chi connectivity index (χ1n) is 7.15. The summed E-state index contributed by atoms with van der Waals surface area (Å²) in [7, 11) is 0. The molecule has 1 aromatic rings. The van der Waals surface area contributed by atoms with Gasteiger partial charge in [-0.3, -0.25) is 9.59 Å². The van der Waals surface area contributed by atoms with Gasteiger partial charge in [0.15, 0.2) is 5.82 Å². The fourth-order valence-corrected chi connectivity index (χ4v) is 2.44. The summed E-state index contributed by atoms with van der Waals surface area (Å²) in [4.78, 5) is 26.0. The summed E-state index contributed by atoms with van der Waals surface area (Å²) < 4.78 is 4.91. The van der Waals surface area contributed by atoms with Gasteiger partial charge in [0.2, 0.25) is 11.8 Å². The highest BCUT2D eigenvalue weighted by molar-refractivity contribution is 5.96. The molecule has 1 saturated heterocycles. The second kappa shape index (κ2) is 6.54. The number of anilines is 1. The third-order valence-electron chi connectivity index (χ3n) is 3.50. The van der Waals surface area contributed by atoms with Crippen molar-refractivity contribution in [2.75, 3.05) is 11.9 Å². The van der Waals surface area contributed by atoms with Gasteiger partial charge in [0.1, 0.15) is 11.8 Å². The first-order valence-corrected chi connectivity index (χ1v) is 7.15. The molecule has 0 radical (unpaired) electrons. The van der Waals surface area contributed by atoms with E-state index in [1.54, 1.807) is 17.9 Å². The van der Waals surface area contributed by atoms with E-state index in [0.29, 0.717) is 31.0 Å². The minimum atomic E-state index is -0.378. The van der Waals surface area contributed by atoms with Gasteiger partial charge < -0.3 is 14.7 Å². The SMILES string of the molecule is CCCCC(=O)N1CCC[C@H]1C(=O)Nc1cc(C)on1. The maximum Gasteiger partial charge on any atom is 0.248 e. The first kappa shape index (κ1) is 14.6. The van der Waals surface area contributed by atoms with E-state index in [1.165, 1.54) is 0 Å². The van der Waals surface area contributed by atoms with E-state index in [1.807, 2.05) is 6.92 Å². The maximum atomic E-state index is 12.2. The molecule has 1 atom stereocenters. The number of likely N-dealkylation sites (tertiary alicyclic amines) is 1. The molecular formula is C14H21N3O3. The van der Waals surface area contributed by atoms with Gasteiger partial charge in [-0.05, 0) is 26.2 Å². The van der Waals surface area contributed by atoms with E-state index in [0.717, 1.165) is 19.3 Å². The molecule has 110 valence electrons. The Kier molecular flexibility index (Phi) is 4.76. The van der Waals surface area contributed by atoms with Crippen LogP contribution in [0.5, 0.6) is 0 Å².